The molecule has 0 aliphatic rings. The van der Waals surface area contributed by atoms with E-state index < -0.39 is 0 Å². The molecule has 0 bridgehead atoms. The maximum atomic E-state index is 6.03. The van der Waals surface area contributed by atoms with Gasteiger partial charge in [-0.15, -0.1) is 11.3 Å². The smallest absolute Gasteiger partial charge is 0.125 e. The second kappa shape index (κ2) is 6.42. The molecular formula is C15H18ClNOS. The molecule has 0 spiro atoms. The number of thiophene rings is 1. The Bertz CT molecular complexity index is 553. The topological polar surface area (TPSA) is 21.3 Å². The zero-order valence-corrected chi connectivity index (χ0v) is 12.9. The highest BCUT2D eigenvalue weighted by Crippen LogP contribution is 2.33. The molecule has 0 aliphatic heterocycles. The largest absolute Gasteiger partial charge is 0.496 e. The molecule has 0 amide bonds. The maximum absolute atomic E-state index is 6.03. The molecule has 1 atom stereocenters. The Morgan fingerprint density at radius 2 is 2.16 bits per heavy atom. The number of hydrogen-bond donors (Lipinski definition) is 1. The van der Waals surface area contributed by atoms with Crippen molar-refractivity contribution in [1.82, 2.24) is 5.32 Å². The minimum Gasteiger partial charge on any atom is -0.496 e. The first-order valence-electron chi connectivity index (χ1n) is 6.27. The van der Waals surface area contributed by atoms with Gasteiger partial charge in [0, 0.05) is 15.5 Å². The average molecular weight is 296 g/mol. The van der Waals surface area contributed by atoms with Crippen molar-refractivity contribution in [1.29, 1.82) is 0 Å². The number of halogens is 1. The lowest BCUT2D eigenvalue weighted by Gasteiger charge is -2.20. The average Bonchev–Trinajstić information content (AvgIpc) is 2.82. The highest BCUT2D eigenvalue weighted by atomic mass is 35.5. The fourth-order valence-corrected chi connectivity index (χ4v) is 3.04. The van der Waals surface area contributed by atoms with E-state index in [-0.39, 0.29) is 6.04 Å². The Kier molecular flexibility index (Phi) is 4.86. The van der Waals surface area contributed by atoms with Gasteiger partial charge in [0.05, 0.1) is 13.2 Å². The van der Waals surface area contributed by atoms with Gasteiger partial charge in [-0.05, 0) is 42.6 Å². The number of methoxy groups -OCH3 is 1. The fourth-order valence-electron chi connectivity index (χ4n) is 2.15. The zero-order valence-electron chi connectivity index (χ0n) is 11.4. The van der Waals surface area contributed by atoms with Gasteiger partial charge in [0.15, 0.2) is 0 Å². The number of nitrogens with one attached hydrogen (secondary N) is 1. The summed E-state index contributed by atoms with van der Waals surface area (Å²) in [6.07, 6.45) is 0. The van der Waals surface area contributed by atoms with Crippen LogP contribution in [0.2, 0.25) is 5.02 Å². The third-order valence-corrected chi connectivity index (χ3v) is 4.11. The van der Waals surface area contributed by atoms with E-state index in [1.807, 2.05) is 18.2 Å². The molecule has 1 unspecified atom stereocenters. The van der Waals surface area contributed by atoms with Crippen LogP contribution in [0.3, 0.4) is 0 Å². The van der Waals surface area contributed by atoms with Crippen LogP contribution in [0.4, 0.5) is 0 Å². The first-order chi connectivity index (χ1) is 9.15. The van der Waals surface area contributed by atoms with Crippen molar-refractivity contribution >= 4 is 22.9 Å². The van der Waals surface area contributed by atoms with E-state index in [0.717, 1.165) is 17.9 Å². The first kappa shape index (κ1) is 14.4. The van der Waals surface area contributed by atoms with Crippen molar-refractivity contribution in [3.63, 3.8) is 0 Å². The molecule has 1 aromatic carbocycles. The summed E-state index contributed by atoms with van der Waals surface area (Å²) in [5, 5.41) is 6.39. The summed E-state index contributed by atoms with van der Waals surface area (Å²) < 4.78 is 5.46. The number of benzene rings is 1. The first-order valence-corrected chi connectivity index (χ1v) is 7.53. The Morgan fingerprint density at radius 3 is 2.74 bits per heavy atom. The normalized spacial score (nSPS) is 12.4. The van der Waals surface area contributed by atoms with Gasteiger partial charge in [-0.3, -0.25) is 0 Å². The van der Waals surface area contributed by atoms with Crippen molar-refractivity contribution in [3.8, 4) is 5.75 Å². The summed E-state index contributed by atoms with van der Waals surface area (Å²) >= 11 is 7.79. The van der Waals surface area contributed by atoms with Gasteiger partial charge in [0.2, 0.25) is 0 Å². The standard InChI is InChI=1S/C15H18ClNOS/c1-4-17-15(11-7-10(2)19-9-11)13-6-5-12(16)8-14(13)18-3/h5-9,15,17H,4H2,1-3H3. The van der Waals surface area contributed by atoms with Gasteiger partial charge in [0.1, 0.15) is 5.75 Å². The van der Waals surface area contributed by atoms with E-state index in [1.165, 1.54) is 10.4 Å². The van der Waals surface area contributed by atoms with Gasteiger partial charge in [-0.25, -0.2) is 0 Å². The maximum Gasteiger partial charge on any atom is 0.125 e. The van der Waals surface area contributed by atoms with Gasteiger partial charge < -0.3 is 10.1 Å². The van der Waals surface area contributed by atoms with Crippen LogP contribution < -0.4 is 10.1 Å². The predicted molar refractivity (Wildman–Crippen MR) is 82.6 cm³/mol. The molecule has 102 valence electrons. The molecule has 2 rings (SSSR count). The lowest BCUT2D eigenvalue weighted by Crippen LogP contribution is -2.22. The van der Waals surface area contributed by atoms with E-state index in [4.69, 9.17) is 16.3 Å². The second-order valence-electron chi connectivity index (χ2n) is 4.37. The quantitative estimate of drug-likeness (QED) is 0.882. The Labute approximate surface area is 123 Å². The lowest BCUT2D eigenvalue weighted by atomic mass is 10.00. The molecular weight excluding hydrogens is 278 g/mol. The summed E-state index contributed by atoms with van der Waals surface area (Å²) in [6.45, 7) is 5.12. The number of aryl methyl sites for hydroxylation is 1. The third kappa shape index (κ3) is 3.30. The highest BCUT2D eigenvalue weighted by Gasteiger charge is 2.18. The van der Waals surface area contributed by atoms with Crippen molar-refractivity contribution in [2.24, 2.45) is 0 Å². The second-order valence-corrected chi connectivity index (χ2v) is 5.92. The zero-order chi connectivity index (χ0) is 13.8. The summed E-state index contributed by atoms with van der Waals surface area (Å²) in [5.74, 6) is 0.822. The van der Waals surface area contributed by atoms with Gasteiger partial charge >= 0.3 is 0 Å². The molecule has 0 radical (unpaired) electrons. The molecule has 0 saturated carbocycles. The van der Waals surface area contributed by atoms with Crippen LogP contribution in [0.25, 0.3) is 0 Å². The van der Waals surface area contributed by atoms with E-state index in [1.54, 1.807) is 18.4 Å². The molecule has 0 aliphatic carbocycles. The fraction of sp³-hybridized carbons (Fsp3) is 0.333. The van der Waals surface area contributed by atoms with Crippen molar-refractivity contribution < 1.29 is 4.74 Å². The van der Waals surface area contributed by atoms with Crippen LogP contribution in [0, 0.1) is 6.92 Å². The molecule has 0 saturated heterocycles. The predicted octanol–water partition coefficient (Wildman–Crippen LogP) is 4.42. The molecule has 1 aromatic heterocycles. The summed E-state index contributed by atoms with van der Waals surface area (Å²) in [5.41, 5.74) is 2.39. The molecule has 4 heteroatoms. The summed E-state index contributed by atoms with van der Waals surface area (Å²) in [4.78, 5) is 1.31. The third-order valence-electron chi connectivity index (χ3n) is 3.00. The monoisotopic (exact) mass is 295 g/mol. The van der Waals surface area contributed by atoms with Crippen LogP contribution in [-0.2, 0) is 0 Å². The molecule has 1 heterocycles. The summed E-state index contributed by atoms with van der Waals surface area (Å²) in [7, 11) is 1.68. The number of hydrogen-bond acceptors (Lipinski definition) is 3. The van der Waals surface area contributed by atoms with Gasteiger partial charge in [0.25, 0.3) is 0 Å². The minimum absolute atomic E-state index is 0.141. The Morgan fingerprint density at radius 1 is 1.37 bits per heavy atom. The van der Waals surface area contributed by atoms with Crippen LogP contribution in [0.1, 0.15) is 29.0 Å². The van der Waals surface area contributed by atoms with Crippen molar-refractivity contribution in [3.05, 3.63) is 50.7 Å². The lowest BCUT2D eigenvalue weighted by molar-refractivity contribution is 0.404. The number of ether oxygens (including phenoxy) is 1. The Balaban J connectivity index is 2.44. The van der Waals surface area contributed by atoms with Crippen LogP contribution in [-0.4, -0.2) is 13.7 Å². The van der Waals surface area contributed by atoms with Gasteiger partial charge in [-0.2, -0.15) is 0 Å². The van der Waals surface area contributed by atoms with Crippen LogP contribution in [0.15, 0.2) is 29.6 Å². The van der Waals surface area contributed by atoms with E-state index >= 15 is 0 Å². The van der Waals surface area contributed by atoms with Crippen molar-refractivity contribution in [2.45, 2.75) is 19.9 Å². The molecule has 0 fully saturated rings. The minimum atomic E-state index is 0.141. The molecule has 2 aromatic rings. The van der Waals surface area contributed by atoms with Gasteiger partial charge in [-0.1, -0.05) is 24.6 Å². The van der Waals surface area contributed by atoms with E-state index in [2.05, 4.69) is 30.6 Å². The van der Waals surface area contributed by atoms with E-state index in [0.29, 0.717) is 5.02 Å². The molecule has 2 nitrogen and oxygen atoms in total. The Hall–Kier alpha value is -1.03. The molecule has 1 N–H and O–H groups in total. The van der Waals surface area contributed by atoms with Crippen LogP contribution in [0.5, 0.6) is 5.75 Å². The SMILES string of the molecule is CCNC(c1csc(C)c1)c1ccc(Cl)cc1OC. The van der Waals surface area contributed by atoms with Crippen molar-refractivity contribution in [2.75, 3.05) is 13.7 Å². The summed E-state index contributed by atoms with van der Waals surface area (Å²) in [6, 6.07) is 8.15. The van der Waals surface area contributed by atoms with Crippen LogP contribution >= 0.6 is 22.9 Å². The number of rotatable bonds is 5. The highest BCUT2D eigenvalue weighted by molar-refractivity contribution is 7.10. The molecule has 19 heavy (non-hydrogen) atoms. The van der Waals surface area contributed by atoms with E-state index in [9.17, 15) is 0 Å².